The van der Waals surface area contributed by atoms with Gasteiger partial charge in [-0.05, 0) is 38.0 Å². The maximum atomic E-state index is 2.37. The van der Waals surface area contributed by atoms with Crippen LogP contribution in [0.5, 0.6) is 0 Å². The Bertz CT molecular complexity index is 234. The van der Waals surface area contributed by atoms with E-state index >= 15 is 0 Å². The lowest BCUT2D eigenvalue weighted by molar-refractivity contribution is 0.512. The van der Waals surface area contributed by atoms with Crippen LogP contribution in [0.15, 0.2) is 24.3 Å². The molecule has 124 valence electrons. The van der Waals surface area contributed by atoms with E-state index in [0.29, 0.717) is 0 Å². The second-order valence-corrected chi connectivity index (χ2v) is 6.77. The maximum absolute atomic E-state index is 2.37. The van der Waals surface area contributed by atoms with E-state index in [0.717, 1.165) is 12.3 Å². The molecule has 0 atom stereocenters. The number of allylic oxidation sites excluding steroid dienone is 4. The average Bonchev–Trinajstić information content (AvgIpc) is 2.46. The predicted molar refractivity (Wildman–Crippen MR) is 98.8 cm³/mol. The molecule has 0 aromatic heterocycles. The van der Waals surface area contributed by atoms with Crippen LogP contribution in [0.2, 0.25) is 0 Å². The van der Waals surface area contributed by atoms with Crippen LogP contribution in [-0.2, 0) is 0 Å². The molecule has 0 aromatic rings. The fourth-order valence-corrected chi connectivity index (χ4v) is 2.54. The molecule has 0 N–H and O–H groups in total. The van der Waals surface area contributed by atoms with Gasteiger partial charge >= 0.3 is 0 Å². The minimum absolute atomic E-state index is 0.885. The van der Waals surface area contributed by atoms with Crippen molar-refractivity contribution >= 4 is 0 Å². The quantitative estimate of drug-likeness (QED) is 0.213. The lowest BCUT2D eigenvalue weighted by Gasteiger charge is -2.03. The monoisotopic (exact) mass is 292 g/mol. The molecule has 0 aliphatic rings. The number of unbranched alkanes of at least 4 members (excludes halogenated alkanes) is 9. The van der Waals surface area contributed by atoms with Gasteiger partial charge in [-0.3, -0.25) is 0 Å². The summed E-state index contributed by atoms with van der Waals surface area (Å²) in [5.41, 5.74) is 0. The van der Waals surface area contributed by atoms with Crippen LogP contribution >= 0.6 is 0 Å². The largest absolute Gasteiger partial charge is 0.0882 e. The van der Waals surface area contributed by atoms with E-state index in [9.17, 15) is 0 Å². The summed E-state index contributed by atoms with van der Waals surface area (Å²) in [6.45, 7) is 6.91. The van der Waals surface area contributed by atoms with Crippen LogP contribution in [0.1, 0.15) is 104 Å². The molecule has 0 amide bonds. The molecule has 21 heavy (non-hydrogen) atoms. The number of hydrogen-bond acceptors (Lipinski definition) is 0. The Morgan fingerprint density at radius 3 is 1.71 bits per heavy atom. The summed E-state index contributed by atoms with van der Waals surface area (Å²) in [6, 6.07) is 0. The summed E-state index contributed by atoms with van der Waals surface area (Å²) >= 11 is 0. The molecular weight excluding hydrogens is 252 g/mol. The van der Waals surface area contributed by atoms with Crippen molar-refractivity contribution in [3.05, 3.63) is 24.3 Å². The highest BCUT2D eigenvalue weighted by molar-refractivity contribution is 4.92. The molecule has 0 nitrogen and oxygen atoms in total. The van der Waals surface area contributed by atoms with E-state index in [4.69, 9.17) is 0 Å². The van der Waals surface area contributed by atoms with Gasteiger partial charge in [0.1, 0.15) is 0 Å². The Kier molecular flexibility index (Phi) is 17.1. The lowest BCUT2D eigenvalue weighted by Crippen LogP contribution is -1.87. The molecule has 0 aliphatic carbocycles. The van der Waals surface area contributed by atoms with Crippen LogP contribution < -0.4 is 0 Å². The Hall–Kier alpha value is -0.520. The number of rotatable bonds is 15. The SMILES string of the molecule is CCCCC/C=C/C/C=C/CCCCCCCCC(C)C. The van der Waals surface area contributed by atoms with Crippen LogP contribution in [-0.4, -0.2) is 0 Å². The third-order valence-electron chi connectivity index (χ3n) is 3.98. The fraction of sp³-hybridized carbons (Fsp3) is 0.810. The van der Waals surface area contributed by atoms with Gasteiger partial charge in [0.15, 0.2) is 0 Å². The second-order valence-electron chi connectivity index (χ2n) is 6.77. The predicted octanol–water partition coefficient (Wildman–Crippen LogP) is 7.85. The highest BCUT2D eigenvalue weighted by Crippen LogP contribution is 2.12. The third kappa shape index (κ3) is 19.5. The van der Waals surface area contributed by atoms with Crippen molar-refractivity contribution in [2.45, 2.75) is 104 Å². The van der Waals surface area contributed by atoms with Crippen LogP contribution in [0.4, 0.5) is 0 Å². The summed E-state index contributed by atoms with van der Waals surface area (Å²) in [7, 11) is 0. The summed E-state index contributed by atoms with van der Waals surface area (Å²) in [6.07, 6.45) is 27.0. The highest BCUT2D eigenvalue weighted by Gasteiger charge is 1.94. The normalized spacial score (nSPS) is 12.2. The van der Waals surface area contributed by atoms with Gasteiger partial charge in [-0.15, -0.1) is 0 Å². The van der Waals surface area contributed by atoms with E-state index < -0.39 is 0 Å². The summed E-state index contributed by atoms with van der Waals surface area (Å²) in [5, 5.41) is 0. The molecule has 0 unspecified atom stereocenters. The van der Waals surface area contributed by atoms with Gasteiger partial charge in [-0.25, -0.2) is 0 Å². The van der Waals surface area contributed by atoms with Crippen molar-refractivity contribution in [3.8, 4) is 0 Å². The van der Waals surface area contributed by atoms with Gasteiger partial charge in [-0.1, -0.05) is 96.4 Å². The minimum Gasteiger partial charge on any atom is -0.0882 e. The standard InChI is InChI=1S/C21H40/c1-4-5-6-7-8-9-10-11-12-13-14-15-16-17-18-19-20-21(2)3/h8-9,11-12,21H,4-7,10,13-20H2,1-3H3/b9-8+,12-11+. The highest BCUT2D eigenvalue weighted by atomic mass is 14.0. The van der Waals surface area contributed by atoms with Crippen molar-refractivity contribution in [2.24, 2.45) is 5.92 Å². The van der Waals surface area contributed by atoms with Gasteiger partial charge < -0.3 is 0 Å². The molecule has 0 bridgehead atoms. The van der Waals surface area contributed by atoms with Crippen molar-refractivity contribution < 1.29 is 0 Å². The molecule has 0 radical (unpaired) electrons. The van der Waals surface area contributed by atoms with Gasteiger partial charge in [0.25, 0.3) is 0 Å². The van der Waals surface area contributed by atoms with Gasteiger partial charge in [-0.2, -0.15) is 0 Å². The molecular formula is C21H40. The van der Waals surface area contributed by atoms with Gasteiger partial charge in [0, 0.05) is 0 Å². The minimum atomic E-state index is 0.885. The van der Waals surface area contributed by atoms with Crippen LogP contribution in [0.25, 0.3) is 0 Å². The third-order valence-corrected chi connectivity index (χ3v) is 3.98. The first-order chi connectivity index (χ1) is 10.3. The molecule has 0 aromatic carbocycles. The Morgan fingerprint density at radius 2 is 1.14 bits per heavy atom. The van der Waals surface area contributed by atoms with Gasteiger partial charge in [0.2, 0.25) is 0 Å². The zero-order valence-electron chi connectivity index (χ0n) is 15.1. The number of hydrogen-bond donors (Lipinski definition) is 0. The van der Waals surface area contributed by atoms with E-state index in [1.165, 1.54) is 77.0 Å². The first-order valence-corrected chi connectivity index (χ1v) is 9.57. The zero-order valence-corrected chi connectivity index (χ0v) is 15.1. The van der Waals surface area contributed by atoms with Crippen molar-refractivity contribution in [3.63, 3.8) is 0 Å². The van der Waals surface area contributed by atoms with Crippen LogP contribution in [0.3, 0.4) is 0 Å². The molecule has 0 saturated heterocycles. The Morgan fingerprint density at radius 1 is 0.619 bits per heavy atom. The smallest absolute Gasteiger partial charge is 0.0169 e. The Balaban J connectivity index is 3.15. The van der Waals surface area contributed by atoms with Crippen molar-refractivity contribution in [1.29, 1.82) is 0 Å². The first kappa shape index (κ1) is 20.5. The van der Waals surface area contributed by atoms with Crippen LogP contribution in [0, 0.1) is 5.92 Å². The molecule has 0 rings (SSSR count). The molecule has 0 fully saturated rings. The molecule has 0 saturated carbocycles. The van der Waals surface area contributed by atoms with E-state index in [-0.39, 0.29) is 0 Å². The lowest BCUT2D eigenvalue weighted by atomic mass is 10.0. The van der Waals surface area contributed by atoms with E-state index in [1.54, 1.807) is 0 Å². The molecule has 0 heteroatoms. The second kappa shape index (κ2) is 17.5. The first-order valence-electron chi connectivity index (χ1n) is 9.57. The summed E-state index contributed by atoms with van der Waals surface area (Å²) < 4.78 is 0. The van der Waals surface area contributed by atoms with E-state index in [1.807, 2.05) is 0 Å². The summed E-state index contributed by atoms with van der Waals surface area (Å²) in [5.74, 6) is 0.885. The molecule has 0 heterocycles. The molecule has 0 aliphatic heterocycles. The topological polar surface area (TPSA) is 0 Å². The maximum Gasteiger partial charge on any atom is -0.0169 e. The zero-order chi connectivity index (χ0) is 15.6. The van der Waals surface area contributed by atoms with Crippen molar-refractivity contribution in [1.82, 2.24) is 0 Å². The average molecular weight is 293 g/mol. The Labute approximate surface area is 135 Å². The fourth-order valence-electron chi connectivity index (χ4n) is 2.54. The van der Waals surface area contributed by atoms with Gasteiger partial charge in [0.05, 0.1) is 0 Å². The van der Waals surface area contributed by atoms with E-state index in [2.05, 4.69) is 45.1 Å². The molecule has 0 spiro atoms. The van der Waals surface area contributed by atoms with Crippen molar-refractivity contribution in [2.75, 3.05) is 0 Å². The summed E-state index contributed by atoms with van der Waals surface area (Å²) in [4.78, 5) is 0.